The van der Waals surface area contributed by atoms with Crippen molar-refractivity contribution in [3.63, 3.8) is 0 Å². The van der Waals surface area contributed by atoms with Crippen LogP contribution in [0.25, 0.3) is 0 Å². The molecule has 5 nitrogen and oxygen atoms in total. The Morgan fingerprint density at radius 3 is 2.27 bits per heavy atom. The summed E-state index contributed by atoms with van der Waals surface area (Å²) in [6.45, 7) is 5.74. The third-order valence-electron chi connectivity index (χ3n) is 5.12. The van der Waals surface area contributed by atoms with Gasteiger partial charge in [0.2, 0.25) is 0 Å². The number of nitrogens with zero attached hydrogens (tertiary/aromatic N) is 1. The molecular weight excluding hydrogens is 396 g/mol. The molecule has 0 aromatic heterocycles. The van der Waals surface area contributed by atoms with Crippen LogP contribution < -0.4 is 9.62 Å². The van der Waals surface area contributed by atoms with E-state index in [0.717, 1.165) is 23.2 Å². The van der Waals surface area contributed by atoms with E-state index in [2.05, 4.69) is 5.32 Å². The molecule has 0 atom stereocenters. The number of carbonyl (C=O) groups is 1. The summed E-state index contributed by atoms with van der Waals surface area (Å²) < 4.78 is 27.2. The van der Waals surface area contributed by atoms with Crippen molar-refractivity contribution < 1.29 is 13.2 Å². The van der Waals surface area contributed by atoms with Gasteiger partial charge in [-0.25, -0.2) is 8.42 Å². The molecule has 6 heteroatoms. The van der Waals surface area contributed by atoms with Crippen molar-refractivity contribution in [2.75, 3.05) is 16.7 Å². The number of carbonyl (C=O) groups excluding carboxylic acids is 1. The lowest BCUT2D eigenvalue weighted by Gasteiger charge is -2.22. The quantitative estimate of drug-likeness (QED) is 0.612. The standard InChI is InChI=1S/C24H26N2O3S/c1-5-19-8-6-7-9-22(19)25-24(27)20-12-15-23(18(3)16-20)26(4)30(28,29)21-13-10-17(2)11-14-21/h6-16H,5H2,1-4H3,(H,25,27). The van der Waals surface area contributed by atoms with Gasteiger partial charge < -0.3 is 5.32 Å². The van der Waals surface area contributed by atoms with Crippen LogP contribution in [0.1, 0.15) is 34.0 Å². The topological polar surface area (TPSA) is 66.5 Å². The number of anilines is 2. The zero-order valence-electron chi connectivity index (χ0n) is 17.6. The number of rotatable bonds is 6. The number of nitrogens with one attached hydrogen (secondary N) is 1. The third-order valence-corrected chi connectivity index (χ3v) is 6.91. The molecule has 0 aliphatic heterocycles. The highest BCUT2D eigenvalue weighted by atomic mass is 32.2. The molecule has 1 N–H and O–H groups in total. The van der Waals surface area contributed by atoms with Gasteiger partial charge in [-0.2, -0.15) is 0 Å². The van der Waals surface area contributed by atoms with Gasteiger partial charge in [-0.05, 0) is 67.8 Å². The van der Waals surface area contributed by atoms with E-state index >= 15 is 0 Å². The molecule has 3 aromatic rings. The number of hydrogen-bond acceptors (Lipinski definition) is 3. The Hall–Kier alpha value is -3.12. The molecule has 0 fully saturated rings. The van der Waals surface area contributed by atoms with Crippen molar-refractivity contribution in [2.24, 2.45) is 0 Å². The molecule has 1 amide bonds. The van der Waals surface area contributed by atoms with Crippen LogP contribution in [0.3, 0.4) is 0 Å². The van der Waals surface area contributed by atoms with E-state index in [9.17, 15) is 13.2 Å². The highest BCUT2D eigenvalue weighted by molar-refractivity contribution is 7.92. The van der Waals surface area contributed by atoms with Crippen molar-refractivity contribution in [2.45, 2.75) is 32.1 Å². The van der Waals surface area contributed by atoms with Crippen LogP contribution >= 0.6 is 0 Å². The minimum absolute atomic E-state index is 0.227. The molecule has 30 heavy (non-hydrogen) atoms. The van der Waals surface area contributed by atoms with Gasteiger partial charge in [-0.15, -0.1) is 0 Å². The zero-order valence-corrected chi connectivity index (χ0v) is 18.5. The highest BCUT2D eigenvalue weighted by Gasteiger charge is 2.23. The van der Waals surface area contributed by atoms with Crippen LogP contribution in [-0.2, 0) is 16.4 Å². The first-order chi connectivity index (χ1) is 14.2. The summed E-state index contributed by atoms with van der Waals surface area (Å²) in [7, 11) is -2.17. The Bertz CT molecular complexity index is 1170. The first kappa shape index (κ1) is 21.6. The molecule has 0 unspecified atom stereocenters. The predicted molar refractivity (Wildman–Crippen MR) is 122 cm³/mol. The fourth-order valence-corrected chi connectivity index (χ4v) is 4.55. The summed E-state index contributed by atoms with van der Waals surface area (Å²) in [5.41, 5.74) is 4.54. The van der Waals surface area contributed by atoms with Crippen molar-refractivity contribution in [3.8, 4) is 0 Å². The number of sulfonamides is 1. The van der Waals surface area contributed by atoms with Crippen molar-refractivity contribution in [1.82, 2.24) is 0 Å². The molecule has 3 rings (SSSR count). The molecule has 0 saturated heterocycles. The van der Waals surface area contributed by atoms with Gasteiger partial charge in [0, 0.05) is 18.3 Å². The van der Waals surface area contributed by atoms with Crippen LogP contribution in [0.2, 0.25) is 0 Å². The maximum absolute atomic E-state index is 13.0. The summed E-state index contributed by atoms with van der Waals surface area (Å²) in [6.07, 6.45) is 0.816. The number of amides is 1. The van der Waals surface area contributed by atoms with E-state index < -0.39 is 10.0 Å². The van der Waals surface area contributed by atoms with E-state index in [1.165, 1.54) is 11.4 Å². The van der Waals surface area contributed by atoms with Gasteiger partial charge in [0.15, 0.2) is 0 Å². The van der Waals surface area contributed by atoms with Gasteiger partial charge >= 0.3 is 0 Å². The first-order valence-electron chi connectivity index (χ1n) is 9.79. The first-order valence-corrected chi connectivity index (χ1v) is 11.2. The van der Waals surface area contributed by atoms with E-state index in [-0.39, 0.29) is 10.8 Å². The summed E-state index contributed by atoms with van der Waals surface area (Å²) in [5, 5.41) is 2.94. The van der Waals surface area contributed by atoms with Crippen LogP contribution in [0.15, 0.2) is 71.6 Å². The number of aryl methyl sites for hydroxylation is 3. The molecule has 0 spiro atoms. The molecular formula is C24H26N2O3S. The van der Waals surface area contributed by atoms with Crippen molar-refractivity contribution in [1.29, 1.82) is 0 Å². The molecule has 0 heterocycles. The average Bonchev–Trinajstić information content (AvgIpc) is 2.73. The Kier molecular flexibility index (Phi) is 6.27. The SMILES string of the molecule is CCc1ccccc1NC(=O)c1ccc(N(C)S(=O)(=O)c2ccc(C)cc2)c(C)c1. The summed E-state index contributed by atoms with van der Waals surface area (Å²) >= 11 is 0. The third kappa shape index (κ3) is 4.39. The highest BCUT2D eigenvalue weighted by Crippen LogP contribution is 2.27. The lowest BCUT2D eigenvalue weighted by atomic mass is 10.1. The smallest absolute Gasteiger partial charge is 0.264 e. The van der Waals surface area contributed by atoms with Gasteiger partial charge in [0.1, 0.15) is 0 Å². The minimum Gasteiger partial charge on any atom is -0.322 e. The fraction of sp³-hybridized carbons (Fsp3) is 0.208. The van der Waals surface area contributed by atoms with Gasteiger partial charge in [-0.1, -0.05) is 42.8 Å². The van der Waals surface area contributed by atoms with Crippen LogP contribution in [0, 0.1) is 13.8 Å². The second-order valence-electron chi connectivity index (χ2n) is 7.25. The van der Waals surface area contributed by atoms with E-state index in [0.29, 0.717) is 16.8 Å². The molecule has 3 aromatic carbocycles. The normalized spacial score (nSPS) is 11.2. The maximum Gasteiger partial charge on any atom is 0.264 e. The number of hydrogen-bond donors (Lipinski definition) is 1. The van der Waals surface area contributed by atoms with Crippen LogP contribution in [-0.4, -0.2) is 21.4 Å². The minimum atomic E-state index is -3.69. The van der Waals surface area contributed by atoms with Gasteiger partial charge in [-0.3, -0.25) is 9.10 Å². The van der Waals surface area contributed by atoms with Gasteiger partial charge in [0.05, 0.1) is 10.6 Å². The average molecular weight is 423 g/mol. The fourth-order valence-electron chi connectivity index (χ4n) is 3.29. The predicted octanol–water partition coefficient (Wildman–Crippen LogP) is 4.94. The van der Waals surface area contributed by atoms with E-state index in [1.54, 1.807) is 49.4 Å². The van der Waals surface area contributed by atoms with Crippen molar-refractivity contribution in [3.05, 3.63) is 89.0 Å². The van der Waals surface area contributed by atoms with Crippen molar-refractivity contribution >= 4 is 27.3 Å². The molecule has 156 valence electrons. The van der Waals surface area contributed by atoms with Crippen LogP contribution in [0.4, 0.5) is 11.4 Å². The lowest BCUT2D eigenvalue weighted by Crippen LogP contribution is -2.27. The summed E-state index contributed by atoms with van der Waals surface area (Å²) in [5.74, 6) is -0.227. The summed E-state index contributed by atoms with van der Waals surface area (Å²) in [6, 6.07) is 19.5. The monoisotopic (exact) mass is 422 g/mol. The van der Waals surface area contributed by atoms with E-state index in [1.807, 2.05) is 38.1 Å². The second-order valence-corrected chi connectivity index (χ2v) is 9.22. The molecule has 0 aliphatic rings. The second kappa shape index (κ2) is 8.71. The number of benzene rings is 3. The Labute approximate surface area is 178 Å². The lowest BCUT2D eigenvalue weighted by molar-refractivity contribution is 0.102. The molecule has 0 aliphatic carbocycles. The Morgan fingerprint density at radius 2 is 1.63 bits per heavy atom. The zero-order chi connectivity index (χ0) is 21.9. The van der Waals surface area contributed by atoms with Crippen LogP contribution in [0.5, 0.6) is 0 Å². The molecule has 0 saturated carbocycles. The number of para-hydroxylation sites is 1. The summed E-state index contributed by atoms with van der Waals surface area (Å²) in [4.78, 5) is 13.0. The molecule has 0 radical (unpaired) electrons. The largest absolute Gasteiger partial charge is 0.322 e. The Morgan fingerprint density at radius 1 is 0.967 bits per heavy atom. The molecule has 0 bridgehead atoms. The van der Waals surface area contributed by atoms with E-state index in [4.69, 9.17) is 0 Å². The Balaban J connectivity index is 1.85. The van der Waals surface area contributed by atoms with Gasteiger partial charge in [0.25, 0.3) is 15.9 Å². The maximum atomic E-state index is 13.0.